The summed E-state index contributed by atoms with van der Waals surface area (Å²) in [5.41, 5.74) is 1.76. The lowest BCUT2D eigenvalue weighted by molar-refractivity contribution is -0.122. The van der Waals surface area contributed by atoms with Crippen molar-refractivity contribution >= 4 is 45.6 Å². The molecule has 10 heteroatoms. The van der Waals surface area contributed by atoms with Crippen LogP contribution in [0, 0.1) is 5.92 Å². The first-order valence-corrected chi connectivity index (χ1v) is 13.4. The Hall–Kier alpha value is -4.57. The molecule has 198 valence electrons. The van der Waals surface area contributed by atoms with Crippen molar-refractivity contribution in [3.63, 3.8) is 0 Å². The summed E-state index contributed by atoms with van der Waals surface area (Å²) in [5, 5.41) is 15.1. The van der Waals surface area contributed by atoms with E-state index in [-0.39, 0.29) is 24.1 Å². The van der Waals surface area contributed by atoms with Gasteiger partial charge in [-0.2, -0.15) is 0 Å². The molecule has 4 aromatic rings. The van der Waals surface area contributed by atoms with Crippen molar-refractivity contribution in [1.82, 2.24) is 10.2 Å². The van der Waals surface area contributed by atoms with Gasteiger partial charge in [0.05, 0.1) is 12.5 Å². The second kappa shape index (κ2) is 12.3. The van der Waals surface area contributed by atoms with Crippen molar-refractivity contribution in [2.45, 2.75) is 19.3 Å². The molecule has 1 atom stereocenters. The zero-order valence-corrected chi connectivity index (χ0v) is 21.9. The molecule has 1 unspecified atom stereocenters. The number of aromatic nitrogens is 2. The molecule has 1 aromatic heterocycles. The van der Waals surface area contributed by atoms with E-state index in [0.717, 1.165) is 22.9 Å². The number of anilines is 3. The van der Waals surface area contributed by atoms with Crippen molar-refractivity contribution in [1.29, 1.82) is 0 Å². The van der Waals surface area contributed by atoms with Gasteiger partial charge in [-0.3, -0.25) is 19.7 Å². The van der Waals surface area contributed by atoms with Crippen LogP contribution in [0.1, 0.15) is 28.2 Å². The molecular formula is C29H27N5O4S. The van der Waals surface area contributed by atoms with E-state index in [0.29, 0.717) is 36.0 Å². The number of hydrogen-bond acceptors (Lipinski definition) is 7. The van der Waals surface area contributed by atoms with Crippen LogP contribution < -0.4 is 20.3 Å². The average Bonchev–Trinajstić information content (AvgIpc) is 3.58. The quantitative estimate of drug-likeness (QED) is 0.279. The fraction of sp³-hybridized carbons (Fsp3) is 0.207. The zero-order valence-electron chi connectivity index (χ0n) is 21.1. The molecule has 2 N–H and O–H groups in total. The van der Waals surface area contributed by atoms with Crippen LogP contribution in [0.15, 0.2) is 84.9 Å². The van der Waals surface area contributed by atoms with Gasteiger partial charge in [-0.15, -0.1) is 10.2 Å². The van der Waals surface area contributed by atoms with Gasteiger partial charge in [-0.05, 0) is 55.0 Å². The number of hydrogen-bond donors (Lipinski definition) is 2. The summed E-state index contributed by atoms with van der Waals surface area (Å²) in [4.78, 5) is 39.5. The Morgan fingerprint density at radius 3 is 2.38 bits per heavy atom. The highest BCUT2D eigenvalue weighted by Crippen LogP contribution is 2.26. The molecule has 9 nitrogen and oxygen atoms in total. The van der Waals surface area contributed by atoms with Crippen LogP contribution in [0.5, 0.6) is 5.75 Å². The highest BCUT2D eigenvalue weighted by Gasteiger charge is 2.35. The van der Waals surface area contributed by atoms with E-state index in [1.165, 1.54) is 11.3 Å². The van der Waals surface area contributed by atoms with Gasteiger partial charge in [-0.1, -0.05) is 47.7 Å². The summed E-state index contributed by atoms with van der Waals surface area (Å²) in [5.74, 6) is -0.236. The number of aryl methyl sites for hydroxylation is 1. The first-order chi connectivity index (χ1) is 19.0. The Kier molecular flexibility index (Phi) is 8.23. The van der Waals surface area contributed by atoms with Gasteiger partial charge in [0.15, 0.2) is 0 Å². The third-order valence-corrected chi connectivity index (χ3v) is 7.11. The van der Waals surface area contributed by atoms with Crippen LogP contribution in [0.25, 0.3) is 0 Å². The Bertz CT molecular complexity index is 1430. The van der Waals surface area contributed by atoms with E-state index < -0.39 is 5.92 Å². The van der Waals surface area contributed by atoms with Crippen molar-refractivity contribution in [3.05, 3.63) is 95.5 Å². The van der Waals surface area contributed by atoms with E-state index in [1.54, 1.807) is 29.2 Å². The lowest BCUT2D eigenvalue weighted by Crippen LogP contribution is -2.28. The first kappa shape index (κ1) is 26.1. The molecule has 0 bridgehead atoms. The molecule has 1 saturated heterocycles. The lowest BCUT2D eigenvalue weighted by Gasteiger charge is -2.16. The van der Waals surface area contributed by atoms with Gasteiger partial charge >= 0.3 is 0 Å². The Labute approximate surface area is 229 Å². The molecule has 2 heterocycles. The molecule has 0 saturated carbocycles. The van der Waals surface area contributed by atoms with Gasteiger partial charge in [0.1, 0.15) is 10.8 Å². The summed E-state index contributed by atoms with van der Waals surface area (Å²) in [6, 6.07) is 25.5. The van der Waals surface area contributed by atoms with E-state index in [2.05, 4.69) is 20.8 Å². The molecule has 1 aliphatic heterocycles. The number of amides is 3. The van der Waals surface area contributed by atoms with Crippen molar-refractivity contribution in [2.75, 3.05) is 28.7 Å². The van der Waals surface area contributed by atoms with E-state index in [9.17, 15) is 14.4 Å². The fourth-order valence-electron chi connectivity index (χ4n) is 4.19. The predicted octanol–water partition coefficient (Wildman–Crippen LogP) is 4.79. The molecule has 1 aliphatic rings. The van der Waals surface area contributed by atoms with Gasteiger partial charge in [0.25, 0.3) is 5.91 Å². The number of ether oxygens (including phenoxy) is 1. The maximum atomic E-state index is 12.8. The van der Waals surface area contributed by atoms with Gasteiger partial charge < -0.3 is 15.0 Å². The monoisotopic (exact) mass is 541 g/mol. The third kappa shape index (κ3) is 6.85. The van der Waals surface area contributed by atoms with Crippen LogP contribution in [0.4, 0.5) is 16.5 Å². The third-order valence-electron chi connectivity index (χ3n) is 6.21. The highest BCUT2D eigenvalue weighted by atomic mass is 32.1. The molecule has 39 heavy (non-hydrogen) atoms. The van der Waals surface area contributed by atoms with Crippen molar-refractivity contribution in [2.24, 2.45) is 5.92 Å². The fourth-order valence-corrected chi connectivity index (χ4v) is 4.97. The van der Waals surface area contributed by atoms with Crippen LogP contribution >= 0.6 is 11.3 Å². The summed E-state index contributed by atoms with van der Waals surface area (Å²) in [7, 11) is 0. The number of rotatable bonds is 10. The SMILES string of the molecule is O=C(Nc1nnc(CCCOc2ccccc2)s1)c1ccc(NC(=O)C2CC(=O)N(c3ccccc3)C2)cc1. The lowest BCUT2D eigenvalue weighted by atomic mass is 10.1. The topological polar surface area (TPSA) is 114 Å². The van der Waals surface area contributed by atoms with Crippen LogP contribution in [0.2, 0.25) is 0 Å². The van der Waals surface area contributed by atoms with Crippen LogP contribution in [0.3, 0.4) is 0 Å². The highest BCUT2D eigenvalue weighted by molar-refractivity contribution is 7.15. The van der Waals surface area contributed by atoms with Crippen LogP contribution in [-0.4, -0.2) is 41.1 Å². The molecule has 0 aliphatic carbocycles. The molecular weight excluding hydrogens is 514 g/mol. The number of carbonyl (C=O) groups excluding carboxylic acids is 3. The predicted molar refractivity (Wildman–Crippen MR) is 150 cm³/mol. The molecule has 5 rings (SSSR count). The number of benzene rings is 3. The van der Waals surface area contributed by atoms with Crippen molar-refractivity contribution in [3.8, 4) is 5.75 Å². The number of nitrogens with zero attached hydrogens (tertiary/aromatic N) is 3. The Morgan fingerprint density at radius 2 is 1.64 bits per heavy atom. The number of para-hydroxylation sites is 2. The minimum atomic E-state index is -0.447. The second-order valence-corrected chi connectivity index (χ2v) is 10.1. The van der Waals surface area contributed by atoms with E-state index >= 15 is 0 Å². The van der Waals surface area contributed by atoms with E-state index in [1.807, 2.05) is 60.7 Å². The second-order valence-electron chi connectivity index (χ2n) is 9.03. The molecule has 0 radical (unpaired) electrons. The summed E-state index contributed by atoms with van der Waals surface area (Å²) in [6.07, 6.45) is 1.64. The van der Waals surface area contributed by atoms with Gasteiger partial charge in [-0.25, -0.2) is 0 Å². The summed E-state index contributed by atoms with van der Waals surface area (Å²) in [6.45, 7) is 0.898. The number of carbonyl (C=O) groups is 3. The van der Waals surface area contributed by atoms with Gasteiger partial charge in [0, 0.05) is 36.3 Å². The molecule has 0 spiro atoms. The molecule has 3 aromatic carbocycles. The molecule has 1 fully saturated rings. The number of nitrogens with one attached hydrogen (secondary N) is 2. The first-order valence-electron chi connectivity index (χ1n) is 12.6. The minimum absolute atomic E-state index is 0.0753. The Morgan fingerprint density at radius 1 is 0.923 bits per heavy atom. The normalized spacial score (nSPS) is 14.7. The average molecular weight is 542 g/mol. The van der Waals surface area contributed by atoms with Crippen molar-refractivity contribution < 1.29 is 19.1 Å². The summed E-state index contributed by atoms with van der Waals surface area (Å²) >= 11 is 1.33. The maximum absolute atomic E-state index is 12.8. The minimum Gasteiger partial charge on any atom is -0.494 e. The van der Waals surface area contributed by atoms with E-state index in [4.69, 9.17) is 4.74 Å². The zero-order chi connectivity index (χ0) is 27.0. The van der Waals surface area contributed by atoms with Crippen LogP contribution in [-0.2, 0) is 16.0 Å². The molecule has 3 amide bonds. The maximum Gasteiger partial charge on any atom is 0.257 e. The standard InChI is InChI=1S/C29H27N5O4S/c35-26-18-21(19-34(26)23-8-3-1-4-9-23)28(37)30-22-15-13-20(14-16-22)27(36)31-29-33-32-25(39-29)12-7-17-38-24-10-5-2-6-11-24/h1-6,8-11,13-16,21H,7,12,17-19H2,(H,30,37)(H,31,33,36). The largest absolute Gasteiger partial charge is 0.494 e. The van der Waals surface area contributed by atoms with Gasteiger partial charge in [0.2, 0.25) is 16.9 Å². The summed E-state index contributed by atoms with van der Waals surface area (Å²) < 4.78 is 5.69. The smallest absolute Gasteiger partial charge is 0.257 e. The Balaban J connectivity index is 1.08.